The van der Waals surface area contributed by atoms with E-state index in [1.54, 1.807) is 0 Å². The van der Waals surface area contributed by atoms with Gasteiger partial charge in [-0.1, -0.05) is 13.8 Å². The Kier molecular flexibility index (Phi) is 8.31. The van der Waals surface area contributed by atoms with Gasteiger partial charge in [-0.3, -0.25) is 14.4 Å². The molecule has 3 aromatic rings. The summed E-state index contributed by atoms with van der Waals surface area (Å²) in [6.07, 6.45) is 1.76. The summed E-state index contributed by atoms with van der Waals surface area (Å²) in [6, 6.07) is 7.18. The second-order valence-electron chi connectivity index (χ2n) is 9.82. The topological polar surface area (TPSA) is 153 Å². The van der Waals surface area contributed by atoms with Gasteiger partial charge < -0.3 is 20.3 Å². The van der Waals surface area contributed by atoms with E-state index in [2.05, 4.69) is 10.6 Å². The number of pyridine rings is 1. The fraction of sp³-hybridized carbons (Fsp3) is 0.385. The molecular formula is C26H29FN4O7S. The summed E-state index contributed by atoms with van der Waals surface area (Å²) in [6.45, 7) is 3.21. The number of nitrogens with zero attached hydrogens (tertiary/aromatic N) is 2. The Morgan fingerprint density at radius 2 is 2.00 bits per heavy atom. The van der Waals surface area contributed by atoms with Crippen LogP contribution in [0.1, 0.15) is 43.7 Å². The van der Waals surface area contributed by atoms with Gasteiger partial charge in [0.1, 0.15) is 17.4 Å². The van der Waals surface area contributed by atoms with Gasteiger partial charge in [0.15, 0.2) is 17.7 Å². The molecular weight excluding hydrogens is 531 g/mol. The molecule has 1 saturated heterocycles. The van der Waals surface area contributed by atoms with Gasteiger partial charge in [0.25, 0.3) is 5.91 Å². The molecule has 2 atom stereocenters. The first-order valence-corrected chi connectivity index (χ1v) is 13.9. The van der Waals surface area contributed by atoms with E-state index in [0.717, 1.165) is 16.6 Å². The number of halogens is 1. The minimum atomic E-state index is -4.23. The van der Waals surface area contributed by atoms with Crippen LogP contribution in [-0.4, -0.2) is 55.5 Å². The predicted molar refractivity (Wildman–Crippen MR) is 137 cm³/mol. The summed E-state index contributed by atoms with van der Waals surface area (Å²) in [5, 5.41) is 17.2. The lowest BCUT2D eigenvalue weighted by Crippen LogP contribution is -2.52. The van der Waals surface area contributed by atoms with Crippen molar-refractivity contribution in [1.82, 2.24) is 14.9 Å². The van der Waals surface area contributed by atoms with Crippen LogP contribution in [0, 0.1) is 16.9 Å². The number of carbonyl (C=O) groups is 3. The molecule has 0 spiro atoms. The minimum absolute atomic E-state index is 0.000878. The van der Waals surface area contributed by atoms with Crippen LogP contribution in [0.3, 0.4) is 0 Å². The molecule has 0 aliphatic carbocycles. The number of furan rings is 1. The maximum atomic E-state index is 13.5. The van der Waals surface area contributed by atoms with Crippen molar-refractivity contribution in [3.63, 3.8) is 0 Å². The molecule has 1 aromatic carbocycles. The van der Waals surface area contributed by atoms with Crippen molar-refractivity contribution in [2.45, 2.75) is 50.2 Å². The number of Topliss-reactive ketones (excluding diaryl/α,β-unsaturated/α-hetero) is 1. The van der Waals surface area contributed by atoms with Gasteiger partial charge in [0.05, 0.1) is 12.6 Å². The standard InChI is InChI=1S/C26H29FN4O7S/c1-16(2)12-20(29-26(34)23-14-17-13-18(27)8-9-22(17)38-23)25(33)28-19-6-5-10-30(15-21(19)32)39(36,37)24-7-3-4-11-31(24)35/h3-4,7-9,11,13-14,16,19-20H,5-6,10,12,15H2,1-2H3,(H,28,33)(H,29,34)/t19-,20?/m0/s1. The first kappa shape index (κ1) is 28.2. The number of fused-ring (bicyclic) bond motifs is 1. The molecule has 13 heteroatoms. The molecule has 3 heterocycles. The Bertz CT molecular complexity index is 1500. The van der Waals surface area contributed by atoms with E-state index in [9.17, 15) is 32.4 Å². The van der Waals surface area contributed by atoms with Crippen LogP contribution in [0.15, 0.2) is 58.1 Å². The van der Waals surface area contributed by atoms with E-state index in [0.29, 0.717) is 11.0 Å². The average Bonchev–Trinajstić information content (AvgIpc) is 3.20. The highest BCUT2D eigenvalue weighted by molar-refractivity contribution is 7.89. The molecule has 1 aliphatic rings. The Morgan fingerprint density at radius 3 is 2.72 bits per heavy atom. The third-order valence-electron chi connectivity index (χ3n) is 6.36. The molecule has 2 amide bonds. The van der Waals surface area contributed by atoms with Crippen LogP contribution in [0.25, 0.3) is 11.0 Å². The van der Waals surface area contributed by atoms with Crippen LogP contribution >= 0.6 is 0 Å². The van der Waals surface area contributed by atoms with E-state index in [1.807, 2.05) is 13.8 Å². The summed E-state index contributed by atoms with van der Waals surface area (Å²) < 4.78 is 46.1. The normalized spacial score (nSPS) is 17.6. The number of hydrogen-bond acceptors (Lipinski definition) is 7. The average molecular weight is 561 g/mol. The second-order valence-corrected chi connectivity index (χ2v) is 11.7. The lowest BCUT2D eigenvalue weighted by atomic mass is 10.0. The molecule has 0 bridgehead atoms. The largest absolute Gasteiger partial charge is 0.618 e. The summed E-state index contributed by atoms with van der Waals surface area (Å²) >= 11 is 0. The van der Waals surface area contributed by atoms with E-state index < -0.39 is 57.1 Å². The Balaban J connectivity index is 1.45. The number of carbonyl (C=O) groups excluding carboxylic acids is 3. The van der Waals surface area contributed by atoms with E-state index in [1.165, 1.54) is 36.4 Å². The zero-order valence-corrected chi connectivity index (χ0v) is 22.2. The molecule has 2 aromatic heterocycles. The van der Waals surface area contributed by atoms with Crippen LogP contribution in [0.4, 0.5) is 4.39 Å². The molecule has 0 radical (unpaired) electrons. The van der Waals surface area contributed by atoms with Gasteiger partial charge in [-0.05, 0) is 55.5 Å². The molecule has 0 saturated carbocycles. The SMILES string of the molecule is CC(C)CC(NC(=O)c1cc2cc(F)ccc2o1)C(=O)N[C@H]1CCCN(S(=O)(=O)c2cccc[n+]2[O-])CC1=O. The fourth-order valence-electron chi connectivity index (χ4n) is 4.43. The zero-order valence-electron chi connectivity index (χ0n) is 21.4. The summed E-state index contributed by atoms with van der Waals surface area (Å²) in [5.74, 6) is -2.39. The molecule has 208 valence electrons. The van der Waals surface area contributed by atoms with Crippen molar-refractivity contribution in [3.05, 3.63) is 65.4 Å². The maximum Gasteiger partial charge on any atom is 0.323 e. The van der Waals surface area contributed by atoms with Gasteiger partial charge in [-0.15, -0.1) is 0 Å². The lowest BCUT2D eigenvalue weighted by molar-refractivity contribution is -0.646. The number of rotatable bonds is 8. The van der Waals surface area contributed by atoms with E-state index in [4.69, 9.17) is 4.42 Å². The highest BCUT2D eigenvalue weighted by Gasteiger charge is 2.37. The second kappa shape index (κ2) is 11.5. The predicted octanol–water partition coefficient (Wildman–Crippen LogP) is 1.89. The third kappa shape index (κ3) is 6.42. The molecule has 2 N–H and O–H groups in total. The van der Waals surface area contributed by atoms with Gasteiger partial charge in [0.2, 0.25) is 5.91 Å². The molecule has 39 heavy (non-hydrogen) atoms. The first-order valence-electron chi connectivity index (χ1n) is 12.5. The monoisotopic (exact) mass is 560 g/mol. The Labute approximate surface area is 224 Å². The van der Waals surface area contributed by atoms with Crippen LogP contribution in [0.5, 0.6) is 0 Å². The Hall–Kier alpha value is -3.84. The van der Waals surface area contributed by atoms with Gasteiger partial charge in [-0.25, -0.2) is 12.8 Å². The molecule has 4 rings (SSSR count). The van der Waals surface area contributed by atoms with Crippen LogP contribution in [0.2, 0.25) is 0 Å². The molecule has 1 unspecified atom stereocenters. The number of benzene rings is 1. The van der Waals surface area contributed by atoms with Crippen molar-refractivity contribution in [2.24, 2.45) is 5.92 Å². The van der Waals surface area contributed by atoms with Crippen molar-refractivity contribution >= 4 is 38.6 Å². The molecule has 11 nitrogen and oxygen atoms in total. The van der Waals surface area contributed by atoms with Crippen molar-refractivity contribution in [2.75, 3.05) is 13.1 Å². The van der Waals surface area contributed by atoms with E-state index in [-0.39, 0.29) is 42.2 Å². The zero-order chi connectivity index (χ0) is 28.3. The number of ketones is 1. The highest BCUT2D eigenvalue weighted by atomic mass is 32.2. The number of aromatic nitrogens is 1. The number of hydrogen-bond donors (Lipinski definition) is 2. The fourth-order valence-corrected chi connectivity index (χ4v) is 5.90. The minimum Gasteiger partial charge on any atom is -0.618 e. The van der Waals surface area contributed by atoms with Gasteiger partial charge >= 0.3 is 15.0 Å². The first-order chi connectivity index (χ1) is 18.5. The van der Waals surface area contributed by atoms with Crippen molar-refractivity contribution in [3.8, 4) is 0 Å². The summed E-state index contributed by atoms with van der Waals surface area (Å²) in [4.78, 5) is 39.1. The van der Waals surface area contributed by atoms with Crippen molar-refractivity contribution < 1.29 is 36.3 Å². The van der Waals surface area contributed by atoms with Crippen molar-refractivity contribution in [1.29, 1.82) is 0 Å². The number of nitrogens with one attached hydrogen (secondary N) is 2. The number of amides is 2. The summed E-state index contributed by atoms with van der Waals surface area (Å²) in [5.41, 5.74) is 0.313. The maximum absolute atomic E-state index is 13.5. The van der Waals surface area contributed by atoms with Crippen LogP contribution < -0.4 is 15.4 Å². The highest BCUT2D eigenvalue weighted by Crippen LogP contribution is 2.21. The third-order valence-corrected chi connectivity index (χ3v) is 8.20. The lowest BCUT2D eigenvalue weighted by Gasteiger charge is -2.23. The molecule has 1 fully saturated rings. The number of sulfonamides is 1. The summed E-state index contributed by atoms with van der Waals surface area (Å²) in [7, 11) is -4.23. The smallest absolute Gasteiger partial charge is 0.323 e. The molecule has 1 aliphatic heterocycles. The van der Waals surface area contributed by atoms with Crippen LogP contribution in [-0.2, 0) is 19.6 Å². The van der Waals surface area contributed by atoms with Gasteiger partial charge in [-0.2, -0.15) is 9.04 Å². The quantitative estimate of drug-likeness (QED) is 0.315. The Morgan fingerprint density at radius 1 is 1.23 bits per heavy atom. The van der Waals surface area contributed by atoms with Gasteiger partial charge in [0, 0.05) is 24.1 Å². The van der Waals surface area contributed by atoms with E-state index >= 15 is 0 Å².